The normalized spacial score (nSPS) is 17.1. The molecule has 0 saturated carbocycles. The van der Waals surface area contributed by atoms with Gasteiger partial charge >= 0.3 is 0 Å². The van der Waals surface area contributed by atoms with Crippen LogP contribution in [-0.2, 0) is 4.79 Å². The SMILES string of the molecule is Cc1ccc(-c2nc(C3CC(=O)N(c4ccc(F)cc4)C3)no2)c(C)c1. The zero-order valence-electron chi connectivity index (χ0n) is 14.6. The van der Waals surface area contributed by atoms with Crippen molar-refractivity contribution >= 4 is 11.6 Å². The van der Waals surface area contributed by atoms with E-state index in [1.165, 1.54) is 17.7 Å². The van der Waals surface area contributed by atoms with E-state index in [9.17, 15) is 9.18 Å². The van der Waals surface area contributed by atoms with E-state index in [0.717, 1.165) is 11.1 Å². The molecule has 6 heteroatoms. The van der Waals surface area contributed by atoms with Crippen molar-refractivity contribution in [1.82, 2.24) is 10.1 Å². The van der Waals surface area contributed by atoms with Crippen molar-refractivity contribution in [2.45, 2.75) is 26.2 Å². The van der Waals surface area contributed by atoms with Gasteiger partial charge in [-0.25, -0.2) is 4.39 Å². The van der Waals surface area contributed by atoms with Gasteiger partial charge in [0.25, 0.3) is 5.89 Å². The van der Waals surface area contributed by atoms with Gasteiger partial charge in [0.15, 0.2) is 5.82 Å². The number of carbonyl (C=O) groups is 1. The fraction of sp³-hybridized carbons (Fsp3) is 0.250. The Morgan fingerprint density at radius 3 is 2.65 bits per heavy atom. The summed E-state index contributed by atoms with van der Waals surface area (Å²) < 4.78 is 18.5. The van der Waals surface area contributed by atoms with Crippen LogP contribution >= 0.6 is 0 Å². The molecule has 1 aromatic heterocycles. The van der Waals surface area contributed by atoms with Gasteiger partial charge in [-0.3, -0.25) is 4.79 Å². The molecule has 0 bridgehead atoms. The molecule has 1 unspecified atom stereocenters. The lowest BCUT2D eigenvalue weighted by atomic mass is 10.1. The third-order valence-corrected chi connectivity index (χ3v) is 4.68. The van der Waals surface area contributed by atoms with E-state index in [4.69, 9.17) is 4.52 Å². The summed E-state index contributed by atoms with van der Waals surface area (Å²) in [6, 6.07) is 11.9. The van der Waals surface area contributed by atoms with Crippen molar-refractivity contribution in [1.29, 1.82) is 0 Å². The Labute approximate surface area is 150 Å². The minimum Gasteiger partial charge on any atom is -0.334 e. The molecule has 2 heterocycles. The van der Waals surface area contributed by atoms with Crippen LogP contribution in [0.4, 0.5) is 10.1 Å². The predicted octanol–water partition coefficient (Wildman–Crippen LogP) is 4.01. The van der Waals surface area contributed by atoms with E-state index >= 15 is 0 Å². The van der Waals surface area contributed by atoms with Crippen LogP contribution in [-0.4, -0.2) is 22.6 Å². The van der Waals surface area contributed by atoms with Crippen molar-refractivity contribution in [3.8, 4) is 11.5 Å². The summed E-state index contributed by atoms with van der Waals surface area (Å²) >= 11 is 0. The number of aromatic nitrogens is 2. The molecule has 1 saturated heterocycles. The standard InChI is InChI=1S/C20H18FN3O2/c1-12-3-8-17(13(2)9-12)20-22-19(23-26-20)14-10-18(25)24(11-14)16-6-4-15(21)5-7-16/h3-9,14H,10-11H2,1-2H3. The molecule has 0 N–H and O–H groups in total. The highest BCUT2D eigenvalue weighted by Gasteiger charge is 2.34. The van der Waals surface area contributed by atoms with Gasteiger partial charge in [-0.15, -0.1) is 0 Å². The van der Waals surface area contributed by atoms with E-state index in [0.29, 0.717) is 30.4 Å². The van der Waals surface area contributed by atoms with Crippen LogP contribution in [0.5, 0.6) is 0 Å². The number of hydrogen-bond donors (Lipinski definition) is 0. The van der Waals surface area contributed by atoms with Gasteiger partial charge in [0, 0.05) is 30.1 Å². The Morgan fingerprint density at radius 2 is 1.92 bits per heavy atom. The number of benzene rings is 2. The number of anilines is 1. The molecule has 1 atom stereocenters. The number of nitrogens with zero attached hydrogens (tertiary/aromatic N) is 3. The molecular weight excluding hydrogens is 333 g/mol. The van der Waals surface area contributed by atoms with E-state index < -0.39 is 0 Å². The molecule has 1 aliphatic rings. The monoisotopic (exact) mass is 351 g/mol. The Bertz CT molecular complexity index is 965. The molecule has 3 aromatic rings. The number of aryl methyl sites for hydroxylation is 2. The topological polar surface area (TPSA) is 59.2 Å². The molecule has 1 fully saturated rings. The molecule has 132 valence electrons. The molecule has 4 rings (SSSR count). The fourth-order valence-corrected chi connectivity index (χ4v) is 3.31. The zero-order valence-corrected chi connectivity index (χ0v) is 14.6. The molecule has 1 aliphatic heterocycles. The zero-order chi connectivity index (χ0) is 18.3. The molecule has 26 heavy (non-hydrogen) atoms. The first-order chi connectivity index (χ1) is 12.5. The Kier molecular flexibility index (Phi) is 4.03. The van der Waals surface area contributed by atoms with Crippen LogP contribution in [0.15, 0.2) is 47.0 Å². The molecule has 5 nitrogen and oxygen atoms in total. The van der Waals surface area contributed by atoms with Crippen molar-refractivity contribution in [3.05, 3.63) is 65.2 Å². The molecule has 2 aromatic carbocycles. The summed E-state index contributed by atoms with van der Waals surface area (Å²) in [5, 5.41) is 4.09. The van der Waals surface area contributed by atoms with E-state index in [-0.39, 0.29) is 17.6 Å². The maximum atomic E-state index is 13.1. The summed E-state index contributed by atoms with van der Waals surface area (Å²) in [6.45, 7) is 4.49. The lowest BCUT2D eigenvalue weighted by molar-refractivity contribution is -0.117. The second kappa shape index (κ2) is 6.37. The molecule has 0 spiro atoms. The summed E-state index contributed by atoms with van der Waals surface area (Å²) in [7, 11) is 0. The highest BCUT2D eigenvalue weighted by molar-refractivity contribution is 5.96. The van der Waals surface area contributed by atoms with Gasteiger partial charge in [0.2, 0.25) is 5.91 Å². The third-order valence-electron chi connectivity index (χ3n) is 4.68. The van der Waals surface area contributed by atoms with Crippen molar-refractivity contribution in [2.24, 2.45) is 0 Å². The first-order valence-corrected chi connectivity index (χ1v) is 8.48. The lowest BCUT2D eigenvalue weighted by Crippen LogP contribution is -2.24. The van der Waals surface area contributed by atoms with Crippen LogP contribution in [0.2, 0.25) is 0 Å². The summed E-state index contributed by atoms with van der Waals surface area (Å²) in [5.41, 5.74) is 3.81. The largest absolute Gasteiger partial charge is 0.334 e. The van der Waals surface area contributed by atoms with Gasteiger partial charge in [0.1, 0.15) is 5.82 Å². The van der Waals surface area contributed by atoms with Crippen LogP contribution in [0.25, 0.3) is 11.5 Å². The van der Waals surface area contributed by atoms with Crippen LogP contribution in [0, 0.1) is 19.7 Å². The van der Waals surface area contributed by atoms with Gasteiger partial charge in [0.05, 0.1) is 0 Å². The summed E-state index contributed by atoms with van der Waals surface area (Å²) in [4.78, 5) is 18.5. The fourth-order valence-electron chi connectivity index (χ4n) is 3.31. The van der Waals surface area contributed by atoms with Crippen molar-refractivity contribution in [2.75, 3.05) is 11.4 Å². The highest BCUT2D eigenvalue weighted by atomic mass is 19.1. The molecular formula is C20H18FN3O2. The Hall–Kier alpha value is -3.02. The Balaban J connectivity index is 1.57. The Morgan fingerprint density at radius 1 is 1.15 bits per heavy atom. The second-order valence-corrected chi connectivity index (χ2v) is 6.66. The first-order valence-electron chi connectivity index (χ1n) is 8.48. The maximum absolute atomic E-state index is 13.1. The van der Waals surface area contributed by atoms with Crippen molar-refractivity contribution in [3.63, 3.8) is 0 Å². The third kappa shape index (κ3) is 2.98. The quantitative estimate of drug-likeness (QED) is 0.715. The first kappa shape index (κ1) is 16.4. The lowest BCUT2D eigenvalue weighted by Gasteiger charge is -2.15. The number of hydrogen-bond acceptors (Lipinski definition) is 4. The number of halogens is 1. The average molecular weight is 351 g/mol. The van der Waals surface area contributed by atoms with Gasteiger partial charge in [-0.1, -0.05) is 22.9 Å². The van der Waals surface area contributed by atoms with Gasteiger partial charge in [-0.05, 0) is 49.7 Å². The number of carbonyl (C=O) groups excluding carboxylic acids is 1. The minimum atomic E-state index is -0.326. The van der Waals surface area contributed by atoms with E-state index in [1.807, 2.05) is 26.0 Å². The van der Waals surface area contributed by atoms with Crippen molar-refractivity contribution < 1.29 is 13.7 Å². The smallest absolute Gasteiger partial charge is 0.258 e. The van der Waals surface area contributed by atoms with Gasteiger partial charge in [-0.2, -0.15) is 4.98 Å². The van der Waals surface area contributed by atoms with E-state index in [2.05, 4.69) is 16.2 Å². The highest BCUT2D eigenvalue weighted by Crippen LogP contribution is 2.32. The predicted molar refractivity (Wildman–Crippen MR) is 95.3 cm³/mol. The minimum absolute atomic E-state index is 0.0283. The average Bonchev–Trinajstić information content (AvgIpc) is 3.23. The summed E-state index contributed by atoms with van der Waals surface area (Å²) in [5.74, 6) is 0.492. The van der Waals surface area contributed by atoms with Gasteiger partial charge < -0.3 is 9.42 Å². The number of amides is 1. The van der Waals surface area contributed by atoms with Crippen LogP contribution in [0.3, 0.4) is 0 Å². The second-order valence-electron chi connectivity index (χ2n) is 6.66. The number of rotatable bonds is 3. The molecule has 1 amide bonds. The maximum Gasteiger partial charge on any atom is 0.258 e. The van der Waals surface area contributed by atoms with Crippen LogP contribution < -0.4 is 4.90 Å². The molecule has 0 radical (unpaired) electrons. The van der Waals surface area contributed by atoms with E-state index in [1.54, 1.807) is 17.0 Å². The summed E-state index contributed by atoms with van der Waals surface area (Å²) in [6.07, 6.45) is 0.309. The molecule has 0 aliphatic carbocycles. The van der Waals surface area contributed by atoms with Crippen LogP contribution in [0.1, 0.15) is 29.3 Å².